The van der Waals surface area contributed by atoms with Crippen molar-refractivity contribution in [1.82, 2.24) is 15.4 Å². The number of hydrogen-bond donors (Lipinski definition) is 2. The van der Waals surface area contributed by atoms with Gasteiger partial charge in [-0.1, -0.05) is 13.3 Å². The topological polar surface area (TPSA) is 82.3 Å². The second-order valence-electron chi connectivity index (χ2n) is 3.31. The Balaban J connectivity index is 3.01. The molecule has 0 radical (unpaired) electrons. The normalized spacial score (nSPS) is 12.2. The maximum atomic E-state index is 5.48. The number of methoxy groups -OCH3 is 2. The van der Waals surface area contributed by atoms with Crippen LogP contribution in [-0.4, -0.2) is 24.2 Å². The molecular weight excluding hydrogens is 208 g/mol. The zero-order valence-corrected chi connectivity index (χ0v) is 9.86. The molecule has 0 aromatic carbocycles. The number of nitrogens with zero attached hydrogens (tertiary/aromatic N) is 2. The van der Waals surface area contributed by atoms with E-state index in [1.807, 2.05) is 0 Å². The molecule has 1 unspecified atom stereocenters. The van der Waals surface area contributed by atoms with Gasteiger partial charge in [-0.25, -0.2) is 4.98 Å². The molecule has 0 aliphatic carbocycles. The molecule has 1 atom stereocenters. The molecule has 3 N–H and O–H groups in total. The van der Waals surface area contributed by atoms with Gasteiger partial charge in [-0.15, -0.1) is 0 Å². The van der Waals surface area contributed by atoms with Crippen molar-refractivity contribution in [2.45, 2.75) is 25.8 Å². The quantitative estimate of drug-likeness (QED) is 0.551. The minimum atomic E-state index is -0.0571. The monoisotopic (exact) mass is 226 g/mol. The van der Waals surface area contributed by atoms with E-state index in [0.717, 1.165) is 12.8 Å². The fourth-order valence-electron chi connectivity index (χ4n) is 1.44. The maximum Gasteiger partial charge on any atom is 0.240 e. The van der Waals surface area contributed by atoms with E-state index < -0.39 is 0 Å². The van der Waals surface area contributed by atoms with E-state index in [4.69, 9.17) is 15.3 Å². The largest absolute Gasteiger partial charge is 0.480 e. The van der Waals surface area contributed by atoms with Crippen LogP contribution in [0, 0.1) is 0 Å². The lowest BCUT2D eigenvalue weighted by Gasteiger charge is -2.16. The number of nitrogens with one attached hydrogen (secondary N) is 1. The van der Waals surface area contributed by atoms with Crippen LogP contribution in [-0.2, 0) is 0 Å². The SMILES string of the molecule is CCCC(NN)c1ncc(OC)nc1OC. The molecule has 1 rings (SSSR count). The van der Waals surface area contributed by atoms with Gasteiger partial charge in [-0.2, -0.15) is 4.98 Å². The molecule has 0 bridgehead atoms. The van der Waals surface area contributed by atoms with Crippen molar-refractivity contribution < 1.29 is 9.47 Å². The summed E-state index contributed by atoms with van der Waals surface area (Å²) >= 11 is 0. The van der Waals surface area contributed by atoms with E-state index in [1.54, 1.807) is 13.3 Å². The zero-order valence-electron chi connectivity index (χ0n) is 9.86. The molecule has 0 aliphatic rings. The predicted molar refractivity (Wildman–Crippen MR) is 60.1 cm³/mol. The second kappa shape index (κ2) is 6.24. The van der Waals surface area contributed by atoms with Crippen LogP contribution in [0.4, 0.5) is 0 Å². The van der Waals surface area contributed by atoms with Gasteiger partial charge in [-0.05, 0) is 6.42 Å². The number of aromatic nitrogens is 2. The van der Waals surface area contributed by atoms with Crippen LogP contribution in [0.5, 0.6) is 11.8 Å². The van der Waals surface area contributed by atoms with E-state index in [-0.39, 0.29) is 6.04 Å². The van der Waals surface area contributed by atoms with E-state index in [1.165, 1.54) is 7.11 Å². The van der Waals surface area contributed by atoms with Gasteiger partial charge in [0.05, 0.1) is 26.5 Å². The first kappa shape index (κ1) is 12.7. The molecule has 1 aromatic rings. The molecule has 0 saturated carbocycles. The summed E-state index contributed by atoms with van der Waals surface area (Å²) in [6.45, 7) is 2.08. The van der Waals surface area contributed by atoms with Crippen LogP contribution < -0.4 is 20.7 Å². The molecule has 6 heteroatoms. The third-order valence-corrected chi connectivity index (χ3v) is 2.26. The van der Waals surface area contributed by atoms with Crippen LogP contribution in [0.3, 0.4) is 0 Å². The molecule has 1 aromatic heterocycles. The predicted octanol–water partition coefficient (Wildman–Crippen LogP) is 0.798. The fourth-order valence-corrected chi connectivity index (χ4v) is 1.44. The minimum Gasteiger partial charge on any atom is -0.480 e. The van der Waals surface area contributed by atoms with Crippen LogP contribution in [0.2, 0.25) is 0 Å². The zero-order chi connectivity index (χ0) is 12.0. The molecule has 0 fully saturated rings. The maximum absolute atomic E-state index is 5.48. The van der Waals surface area contributed by atoms with Crippen LogP contribution in [0.15, 0.2) is 6.20 Å². The van der Waals surface area contributed by atoms with Crippen molar-refractivity contribution in [1.29, 1.82) is 0 Å². The lowest BCUT2D eigenvalue weighted by molar-refractivity contribution is 0.347. The van der Waals surface area contributed by atoms with Gasteiger partial charge < -0.3 is 9.47 Å². The first-order chi connectivity index (χ1) is 7.76. The highest BCUT2D eigenvalue weighted by molar-refractivity contribution is 5.25. The number of ether oxygens (including phenoxy) is 2. The Morgan fingerprint density at radius 3 is 2.69 bits per heavy atom. The first-order valence-corrected chi connectivity index (χ1v) is 5.17. The molecule has 90 valence electrons. The van der Waals surface area contributed by atoms with Gasteiger partial charge in [-0.3, -0.25) is 11.3 Å². The summed E-state index contributed by atoms with van der Waals surface area (Å²) in [6.07, 6.45) is 3.41. The Labute approximate surface area is 95.1 Å². The Bertz CT molecular complexity index is 333. The van der Waals surface area contributed by atoms with E-state index in [2.05, 4.69) is 22.3 Å². The van der Waals surface area contributed by atoms with Crippen molar-refractivity contribution in [3.63, 3.8) is 0 Å². The highest BCUT2D eigenvalue weighted by Crippen LogP contribution is 2.25. The van der Waals surface area contributed by atoms with E-state index in [0.29, 0.717) is 17.5 Å². The average Bonchev–Trinajstić information content (AvgIpc) is 2.35. The van der Waals surface area contributed by atoms with Crippen LogP contribution in [0.1, 0.15) is 31.5 Å². The van der Waals surface area contributed by atoms with Crippen molar-refractivity contribution in [2.24, 2.45) is 5.84 Å². The third kappa shape index (κ3) is 2.80. The molecular formula is C10H18N4O2. The Hall–Kier alpha value is -1.40. The molecule has 16 heavy (non-hydrogen) atoms. The highest BCUT2D eigenvalue weighted by atomic mass is 16.5. The Kier molecular flexibility index (Phi) is 4.94. The van der Waals surface area contributed by atoms with Gasteiger partial charge in [0.15, 0.2) is 0 Å². The lowest BCUT2D eigenvalue weighted by Crippen LogP contribution is -2.29. The lowest BCUT2D eigenvalue weighted by atomic mass is 10.1. The van der Waals surface area contributed by atoms with Crippen LogP contribution in [0.25, 0.3) is 0 Å². The molecule has 0 aliphatic heterocycles. The number of rotatable bonds is 6. The van der Waals surface area contributed by atoms with Gasteiger partial charge >= 0.3 is 0 Å². The summed E-state index contributed by atoms with van der Waals surface area (Å²) in [5.41, 5.74) is 3.41. The van der Waals surface area contributed by atoms with Gasteiger partial charge in [0, 0.05) is 0 Å². The Morgan fingerprint density at radius 2 is 2.19 bits per heavy atom. The summed E-state index contributed by atoms with van der Waals surface area (Å²) in [7, 11) is 3.08. The average molecular weight is 226 g/mol. The fraction of sp³-hybridized carbons (Fsp3) is 0.600. The van der Waals surface area contributed by atoms with Crippen molar-refractivity contribution in [3.05, 3.63) is 11.9 Å². The summed E-state index contributed by atoms with van der Waals surface area (Å²) in [5, 5.41) is 0. The molecule has 0 saturated heterocycles. The number of hydrogen-bond acceptors (Lipinski definition) is 6. The van der Waals surface area contributed by atoms with Gasteiger partial charge in [0.25, 0.3) is 0 Å². The van der Waals surface area contributed by atoms with Crippen molar-refractivity contribution >= 4 is 0 Å². The Morgan fingerprint density at radius 1 is 1.44 bits per heavy atom. The molecule has 0 spiro atoms. The number of hydrazine groups is 1. The first-order valence-electron chi connectivity index (χ1n) is 5.17. The second-order valence-corrected chi connectivity index (χ2v) is 3.31. The van der Waals surface area contributed by atoms with Crippen LogP contribution >= 0.6 is 0 Å². The summed E-state index contributed by atoms with van der Waals surface area (Å²) in [5.74, 6) is 6.34. The van der Waals surface area contributed by atoms with Gasteiger partial charge in [0.2, 0.25) is 11.8 Å². The molecule has 1 heterocycles. The van der Waals surface area contributed by atoms with E-state index in [9.17, 15) is 0 Å². The molecule has 6 nitrogen and oxygen atoms in total. The van der Waals surface area contributed by atoms with Crippen molar-refractivity contribution in [3.8, 4) is 11.8 Å². The third-order valence-electron chi connectivity index (χ3n) is 2.26. The summed E-state index contributed by atoms with van der Waals surface area (Å²) in [6, 6.07) is -0.0571. The minimum absolute atomic E-state index is 0.0571. The summed E-state index contributed by atoms with van der Waals surface area (Å²) in [4.78, 5) is 8.41. The number of nitrogens with two attached hydrogens (primary N) is 1. The van der Waals surface area contributed by atoms with Gasteiger partial charge in [0.1, 0.15) is 5.69 Å². The highest BCUT2D eigenvalue weighted by Gasteiger charge is 2.17. The standard InChI is InChI=1S/C10H18N4O2/c1-4-5-7(14-11)9-10(16-3)13-8(15-2)6-12-9/h6-7,14H,4-5,11H2,1-3H3. The summed E-state index contributed by atoms with van der Waals surface area (Å²) < 4.78 is 10.1. The van der Waals surface area contributed by atoms with Crippen molar-refractivity contribution in [2.75, 3.05) is 14.2 Å². The molecule has 0 amide bonds. The smallest absolute Gasteiger partial charge is 0.240 e. The van der Waals surface area contributed by atoms with E-state index >= 15 is 0 Å².